The number of amides is 1. The van der Waals surface area contributed by atoms with E-state index in [1.54, 1.807) is 18.3 Å². The Labute approximate surface area is 81.2 Å². The Balaban J connectivity index is 2.54. The molecule has 0 saturated heterocycles. The van der Waals surface area contributed by atoms with E-state index in [-0.39, 0.29) is 17.4 Å². The third-order valence-corrected chi connectivity index (χ3v) is 1.49. The maximum Gasteiger partial charge on any atom is 0.253 e. The van der Waals surface area contributed by atoms with Crippen LogP contribution in [-0.2, 0) is 0 Å². The number of pyridine rings is 1. The quantitative estimate of drug-likeness (QED) is 0.671. The first kappa shape index (κ1) is 9.60. The highest BCUT2D eigenvalue weighted by atomic mass is 32.1. The summed E-state index contributed by atoms with van der Waals surface area (Å²) in [4.78, 5) is 15.4. The molecule has 0 aliphatic carbocycles. The second-order valence-electron chi connectivity index (χ2n) is 2.39. The molecular formula is C8H9N3OS. The van der Waals surface area contributed by atoms with Gasteiger partial charge in [-0.2, -0.15) is 0 Å². The van der Waals surface area contributed by atoms with E-state index in [4.69, 9.17) is 5.73 Å². The summed E-state index contributed by atoms with van der Waals surface area (Å²) in [6.45, 7) is 0.211. The van der Waals surface area contributed by atoms with Gasteiger partial charge in [0, 0.05) is 12.4 Å². The maximum atomic E-state index is 11.3. The lowest BCUT2D eigenvalue weighted by atomic mass is 10.3. The fourth-order valence-electron chi connectivity index (χ4n) is 0.767. The molecule has 0 aliphatic heterocycles. The van der Waals surface area contributed by atoms with Crippen molar-refractivity contribution < 1.29 is 4.79 Å². The lowest BCUT2D eigenvalue weighted by Gasteiger charge is -2.02. The molecule has 0 spiro atoms. The van der Waals surface area contributed by atoms with Crippen molar-refractivity contribution in [3.8, 4) is 0 Å². The van der Waals surface area contributed by atoms with Gasteiger partial charge in [0.15, 0.2) is 0 Å². The molecule has 1 rings (SSSR count). The molecule has 4 nitrogen and oxygen atoms in total. The van der Waals surface area contributed by atoms with Gasteiger partial charge in [0.2, 0.25) is 0 Å². The summed E-state index contributed by atoms with van der Waals surface area (Å²) in [5, 5.41) is 2.55. The number of carbonyl (C=O) groups excluding carboxylic acids is 1. The molecule has 0 saturated carbocycles. The number of hydrogen-bond donors (Lipinski definition) is 2. The van der Waals surface area contributed by atoms with Gasteiger partial charge in [0.05, 0.1) is 17.1 Å². The second-order valence-corrected chi connectivity index (χ2v) is 2.92. The molecule has 68 valence electrons. The molecule has 1 heterocycles. The number of nitrogens with one attached hydrogen (secondary N) is 1. The Morgan fingerprint density at radius 3 is 3.00 bits per heavy atom. The van der Waals surface area contributed by atoms with Gasteiger partial charge >= 0.3 is 0 Å². The normalized spacial score (nSPS) is 9.23. The molecule has 5 heteroatoms. The van der Waals surface area contributed by atoms with Gasteiger partial charge in [-0.15, -0.1) is 0 Å². The van der Waals surface area contributed by atoms with Crippen LogP contribution in [0, 0.1) is 0 Å². The lowest BCUT2D eigenvalue weighted by molar-refractivity contribution is 0.0959. The average Bonchev–Trinajstić information content (AvgIpc) is 2.15. The van der Waals surface area contributed by atoms with Gasteiger partial charge in [-0.3, -0.25) is 9.78 Å². The van der Waals surface area contributed by atoms with E-state index in [9.17, 15) is 4.79 Å². The Kier molecular flexibility index (Phi) is 3.33. The van der Waals surface area contributed by atoms with Gasteiger partial charge in [0.25, 0.3) is 5.91 Å². The number of rotatable bonds is 3. The molecule has 0 radical (unpaired) electrons. The highest BCUT2D eigenvalue weighted by molar-refractivity contribution is 7.80. The molecule has 0 bridgehead atoms. The molecule has 0 atom stereocenters. The van der Waals surface area contributed by atoms with Crippen molar-refractivity contribution in [1.29, 1.82) is 0 Å². The van der Waals surface area contributed by atoms with Crippen molar-refractivity contribution in [3.05, 3.63) is 30.1 Å². The number of nitrogens with two attached hydrogens (primary N) is 1. The van der Waals surface area contributed by atoms with E-state index in [1.807, 2.05) is 0 Å². The van der Waals surface area contributed by atoms with E-state index < -0.39 is 0 Å². The predicted molar refractivity (Wildman–Crippen MR) is 53.4 cm³/mol. The summed E-state index contributed by atoms with van der Waals surface area (Å²) < 4.78 is 0. The highest BCUT2D eigenvalue weighted by Gasteiger charge is 2.03. The third-order valence-electron chi connectivity index (χ3n) is 1.35. The fourth-order valence-corrected chi connectivity index (χ4v) is 0.839. The lowest BCUT2D eigenvalue weighted by Crippen LogP contribution is -2.32. The number of hydrogen-bond acceptors (Lipinski definition) is 3. The molecule has 0 aromatic carbocycles. The Morgan fingerprint density at radius 1 is 1.69 bits per heavy atom. The smallest absolute Gasteiger partial charge is 0.253 e. The van der Waals surface area contributed by atoms with E-state index in [0.717, 1.165) is 0 Å². The first-order valence-electron chi connectivity index (χ1n) is 3.66. The molecule has 13 heavy (non-hydrogen) atoms. The summed E-state index contributed by atoms with van der Waals surface area (Å²) >= 11 is 4.61. The monoisotopic (exact) mass is 195 g/mol. The molecule has 0 fully saturated rings. The summed E-state index contributed by atoms with van der Waals surface area (Å²) in [5.74, 6) is -0.221. The van der Waals surface area contributed by atoms with E-state index >= 15 is 0 Å². The second kappa shape index (κ2) is 4.51. The van der Waals surface area contributed by atoms with Crippen LogP contribution in [0.5, 0.6) is 0 Å². The Bertz CT molecular complexity index is 312. The van der Waals surface area contributed by atoms with Crippen LogP contribution in [0.3, 0.4) is 0 Å². The largest absolute Gasteiger partial charge is 0.392 e. The molecular weight excluding hydrogens is 186 g/mol. The standard InChI is InChI=1S/C8H9N3OS/c9-7(13)5-11-8(12)6-2-1-3-10-4-6/h1-4H,5H2,(H2,9,13)(H,11,12). The molecule has 0 unspecified atom stereocenters. The van der Waals surface area contributed by atoms with E-state index in [0.29, 0.717) is 5.56 Å². The predicted octanol–water partition coefficient (Wildman–Crippen LogP) is 0.0975. The van der Waals surface area contributed by atoms with Crippen LogP contribution in [0.15, 0.2) is 24.5 Å². The van der Waals surface area contributed by atoms with E-state index in [2.05, 4.69) is 22.5 Å². The van der Waals surface area contributed by atoms with Crippen LogP contribution < -0.4 is 11.1 Å². The molecule has 3 N–H and O–H groups in total. The minimum absolute atomic E-state index is 0.211. The van der Waals surface area contributed by atoms with Gasteiger partial charge in [-0.25, -0.2) is 0 Å². The van der Waals surface area contributed by atoms with Crippen LogP contribution in [-0.4, -0.2) is 22.4 Å². The number of aromatic nitrogens is 1. The van der Waals surface area contributed by atoms with Crippen molar-refractivity contribution in [2.24, 2.45) is 5.73 Å². The molecule has 1 aromatic rings. The zero-order valence-electron chi connectivity index (χ0n) is 6.86. The minimum atomic E-state index is -0.221. The van der Waals surface area contributed by atoms with Crippen LogP contribution in [0.2, 0.25) is 0 Å². The van der Waals surface area contributed by atoms with Crippen LogP contribution in [0.4, 0.5) is 0 Å². The summed E-state index contributed by atoms with van der Waals surface area (Å²) in [5.41, 5.74) is 5.72. The van der Waals surface area contributed by atoms with Crippen LogP contribution >= 0.6 is 12.2 Å². The van der Waals surface area contributed by atoms with Crippen LogP contribution in [0.25, 0.3) is 0 Å². The first-order chi connectivity index (χ1) is 6.20. The molecule has 1 amide bonds. The van der Waals surface area contributed by atoms with Crippen molar-refractivity contribution in [1.82, 2.24) is 10.3 Å². The van der Waals surface area contributed by atoms with Crippen molar-refractivity contribution in [2.45, 2.75) is 0 Å². The maximum absolute atomic E-state index is 11.3. The highest BCUT2D eigenvalue weighted by Crippen LogP contribution is 1.93. The molecule has 0 aliphatic rings. The Morgan fingerprint density at radius 2 is 2.46 bits per heavy atom. The fraction of sp³-hybridized carbons (Fsp3) is 0.125. The summed E-state index contributed by atoms with van der Waals surface area (Å²) in [6.07, 6.45) is 3.08. The zero-order chi connectivity index (χ0) is 9.68. The number of thiocarbonyl (C=S) groups is 1. The Hall–Kier alpha value is -1.49. The van der Waals surface area contributed by atoms with Crippen molar-refractivity contribution >= 4 is 23.1 Å². The van der Waals surface area contributed by atoms with Gasteiger partial charge in [0.1, 0.15) is 0 Å². The van der Waals surface area contributed by atoms with Gasteiger partial charge in [-0.1, -0.05) is 12.2 Å². The van der Waals surface area contributed by atoms with Gasteiger partial charge in [-0.05, 0) is 12.1 Å². The van der Waals surface area contributed by atoms with Crippen molar-refractivity contribution in [2.75, 3.05) is 6.54 Å². The van der Waals surface area contributed by atoms with Gasteiger partial charge < -0.3 is 11.1 Å². The molecule has 1 aromatic heterocycles. The summed E-state index contributed by atoms with van der Waals surface area (Å²) in [6, 6.07) is 3.36. The van der Waals surface area contributed by atoms with Crippen LogP contribution in [0.1, 0.15) is 10.4 Å². The third kappa shape index (κ3) is 3.16. The minimum Gasteiger partial charge on any atom is -0.392 e. The topological polar surface area (TPSA) is 68.0 Å². The number of nitrogens with zero attached hydrogens (tertiary/aromatic N) is 1. The number of carbonyl (C=O) groups is 1. The zero-order valence-corrected chi connectivity index (χ0v) is 7.67. The average molecular weight is 195 g/mol. The van der Waals surface area contributed by atoms with Crippen molar-refractivity contribution in [3.63, 3.8) is 0 Å². The van der Waals surface area contributed by atoms with E-state index in [1.165, 1.54) is 6.20 Å². The first-order valence-corrected chi connectivity index (χ1v) is 4.07. The SMILES string of the molecule is NC(=S)CNC(=O)c1cccnc1. The summed E-state index contributed by atoms with van der Waals surface area (Å²) in [7, 11) is 0.